The maximum absolute atomic E-state index is 12.1. The number of benzene rings is 2. The van der Waals surface area contributed by atoms with Crippen molar-refractivity contribution in [3.8, 4) is 5.75 Å². The number of morpholine rings is 1. The molecule has 2 aromatic rings. The number of rotatable bonds is 9. The van der Waals surface area contributed by atoms with Gasteiger partial charge in [-0.1, -0.05) is 29.8 Å². The first-order valence-electron chi connectivity index (χ1n) is 11.5. The number of nitrogens with zero attached hydrogens (tertiary/aromatic N) is 2. The Kier molecular flexibility index (Phi) is 8.40. The summed E-state index contributed by atoms with van der Waals surface area (Å²) >= 11 is 6.43. The molecule has 32 heavy (non-hydrogen) atoms. The second-order valence-corrected chi connectivity index (χ2v) is 8.75. The van der Waals surface area contributed by atoms with Gasteiger partial charge >= 0.3 is 0 Å². The lowest BCUT2D eigenvalue weighted by Gasteiger charge is -2.26. The average Bonchev–Trinajstić information content (AvgIpc) is 2.82. The molecule has 0 saturated carbocycles. The van der Waals surface area contributed by atoms with Gasteiger partial charge in [-0.25, -0.2) is 0 Å². The molecule has 0 aromatic heterocycles. The van der Waals surface area contributed by atoms with Crippen LogP contribution in [0.3, 0.4) is 0 Å². The van der Waals surface area contributed by atoms with Crippen molar-refractivity contribution in [2.24, 2.45) is 0 Å². The molecule has 1 amide bonds. The Labute approximate surface area is 195 Å². The van der Waals surface area contributed by atoms with E-state index in [1.165, 1.54) is 5.56 Å². The van der Waals surface area contributed by atoms with Gasteiger partial charge in [0.2, 0.25) is 5.91 Å². The van der Waals surface area contributed by atoms with E-state index in [4.69, 9.17) is 21.1 Å². The monoisotopic (exact) mass is 457 g/mol. The van der Waals surface area contributed by atoms with Crippen molar-refractivity contribution < 1.29 is 14.3 Å². The van der Waals surface area contributed by atoms with Gasteiger partial charge in [0.25, 0.3) is 0 Å². The lowest BCUT2D eigenvalue weighted by molar-refractivity contribution is -0.119. The Balaban J connectivity index is 1.20. The highest BCUT2D eigenvalue weighted by atomic mass is 35.5. The highest BCUT2D eigenvalue weighted by Gasteiger charge is 2.19. The minimum atomic E-state index is 0.229. The summed E-state index contributed by atoms with van der Waals surface area (Å²) < 4.78 is 11.2. The SMILES string of the molecule is O=C1CCCCN1c1ccc(CNCc2ccc(OCCN3CCOCC3)c(Cl)c2)cc1. The zero-order valence-corrected chi connectivity index (χ0v) is 19.3. The van der Waals surface area contributed by atoms with Gasteiger partial charge in [0.15, 0.2) is 0 Å². The van der Waals surface area contributed by atoms with Gasteiger partial charge in [-0.15, -0.1) is 0 Å². The third kappa shape index (κ3) is 6.45. The number of hydrogen-bond acceptors (Lipinski definition) is 5. The average molecular weight is 458 g/mol. The number of carbonyl (C=O) groups excluding carboxylic acids is 1. The number of carbonyl (C=O) groups is 1. The van der Waals surface area contributed by atoms with Crippen LogP contribution in [0.2, 0.25) is 5.02 Å². The highest BCUT2D eigenvalue weighted by Crippen LogP contribution is 2.26. The van der Waals surface area contributed by atoms with Crippen LogP contribution in [-0.2, 0) is 22.6 Å². The number of nitrogens with one attached hydrogen (secondary N) is 1. The third-order valence-electron chi connectivity index (χ3n) is 5.99. The van der Waals surface area contributed by atoms with Crippen molar-refractivity contribution in [1.82, 2.24) is 10.2 Å². The number of ether oxygens (including phenoxy) is 2. The molecule has 172 valence electrons. The fourth-order valence-corrected chi connectivity index (χ4v) is 4.36. The molecule has 0 radical (unpaired) electrons. The zero-order chi connectivity index (χ0) is 22.2. The predicted octanol–water partition coefficient (Wildman–Crippen LogP) is 3.86. The molecule has 2 aliphatic heterocycles. The van der Waals surface area contributed by atoms with Crippen molar-refractivity contribution in [3.05, 3.63) is 58.6 Å². The molecule has 2 aliphatic rings. The molecule has 1 N–H and O–H groups in total. The fourth-order valence-electron chi connectivity index (χ4n) is 4.10. The molecule has 7 heteroatoms. The van der Waals surface area contributed by atoms with E-state index < -0.39 is 0 Å². The number of amides is 1. The molecule has 0 spiro atoms. The minimum absolute atomic E-state index is 0.229. The second-order valence-electron chi connectivity index (χ2n) is 8.34. The number of piperidine rings is 1. The summed E-state index contributed by atoms with van der Waals surface area (Å²) in [4.78, 5) is 16.3. The predicted molar refractivity (Wildman–Crippen MR) is 127 cm³/mol. The van der Waals surface area contributed by atoms with Crippen LogP contribution < -0.4 is 15.0 Å². The lowest BCUT2D eigenvalue weighted by atomic mass is 10.1. The first kappa shape index (κ1) is 23.1. The fraction of sp³-hybridized carbons (Fsp3) is 0.480. The van der Waals surface area contributed by atoms with Crippen LogP contribution in [0.4, 0.5) is 5.69 Å². The largest absolute Gasteiger partial charge is 0.491 e. The van der Waals surface area contributed by atoms with E-state index in [0.717, 1.165) is 82.3 Å². The quantitative estimate of drug-likeness (QED) is 0.619. The van der Waals surface area contributed by atoms with E-state index in [9.17, 15) is 4.79 Å². The van der Waals surface area contributed by atoms with Crippen molar-refractivity contribution in [2.75, 3.05) is 50.9 Å². The van der Waals surface area contributed by atoms with Crippen molar-refractivity contribution in [2.45, 2.75) is 32.4 Å². The van der Waals surface area contributed by atoms with Gasteiger partial charge in [0, 0.05) is 51.4 Å². The van der Waals surface area contributed by atoms with Gasteiger partial charge in [-0.3, -0.25) is 9.69 Å². The maximum Gasteiger partial charge on any atom is 0.226 e. The molecule has 0 aliphatic carbocycles. The Morgan fingerprint density at radius 3 is 2.47 bits per heavy atom. The Hall–Kier alpha value is -2.12. The van der Waals surface area contributed by atoms with E-state index in [1.54, 1.807) is 0 Å². The standard InChI is InChI=1S/C25H32ClN3O3/c26-23-17-21(6-9-24(23)32-16-13-28-11-14-31-15-12-28)19-27-18-20-4-7-22(8-5-20)29-10-2-1-3-25(29)30/h4-9,17,27H,1-3,10-16,18-19H2. The first-order chi connectivity index (χ1) is 15.7. The van der Waals surface area contributed by atoms with Crippen LogP contribution in [0.5, 0.6) is 5.75 Å². The van der Waals surface area contributed by atoms with Crippen LogP contribution in [0.25, 0.3) is 0 Å². The summed E-state index contributed by atoms with van der Waals surface area (Å²) in [6.45, 7) is 7.31. The highest BCUT2D eigenvalue weighted by molar-refractivity contribution is 6.32. The second kappa shape index (κ2) is 11.7. The Morgan fingerprint density at radius 2 is 1.72 bits per heavy atom. The first-order valence-corrected chi connectivity index (χ1v) is 11.9. The van der Waals surface area contributed by atoms with Crippen LogP contribution in [-0.4, -0.2) is 56.8 Å². The summed E-state index contributed by atoms with van der Waals surface area (Å²) in [5.41, 5.74) is 3.30. The molecule has 0 unspecified atom stereocenters. The molecule has 0 bridgehead atoms. The number of hydrogen-bond donors (Lipinski definition) is 1. The van der Waals surface area contributed by atoms with E-state index in [-0.39, 0.29) is 5.91 Å². The smallest absolute Gasteiger partial charge is 0.226 e. The van der Waals surface area contributed by atoms with E-state index in [2.05, 4.69) is 22.3 Å². The molecule has 2 fully saturated rings. The molecular formula is C25H32ClN3O3. The number of halogens is 1. The van der Waals surface area contributed by atoms with E-state index in [1.807, 2.05) is 35.2 Å². The summed E-state index contributed by atoms with van der Waals surface area (Å²) in [5, 5.41) is 4.10. The van der Waals surface area contributed by atoms with E-state index >= 15 is 0 Å². The summed E-state index contributed by atoms with van der Waals surface area (Å²) in [6, 6.07) is 14.2. The van der Waals surface area contributed by atoms with Crippen LogP contribution in [0, 0.1) is 0 Å². The molecule has 2 saturated heterocycles. The van der Waals surface area contributed by atoms with Crippen LogP contribution in [0.1, 0.15) is 30.4 Å². The zero-order valence-electron chi connectivity index (χ0n) is 18.5. The van der Waals surface area contributed by atoms with Gasteiger partial charge in [-0.2, -0.15) is 0 Å². The Morgan fingerprint density at radius 1 is 0.969 bits per heavy atom. The molecule has 4 rings (SSSR count). The van der Waals surface area contributed by atoms with Crippen molar-refractivity contribution in [1.29, 1.82) is 0 Å². The number of anilines is 1. The third-order valence-corrected chi connectivity index (χ3v) is 6.29. The van der Waals surface area contributed by atoms with Gasteiger partial charge in [0.1, 0.15) is 12.4 Å². The summed E-state index contributed by atoms with van der Waals surface area (Å²) in [6.07, 6.45) is 2.74. The van der Waals surface area contributed by atoms with Crippen molar-refractivity contribution in [3.63, 3.8) is 0 Å². The minimum Gasteiger partial charge on any atom is -0.491 e. The molecule has 6 nitrogen and oxygen atoms in total. The molecular weight excluding hydrogens is 426 g/mol. The molecule has 0 atom stereocenters. The van der Waals surface area contributed by atoms with Gasteiger partial charge < -0.3 is 19.7 Å². The lowest BCUT2D eigenvalue weighted by Crippen LogP contribution is -2.38. The summed E-state index contributed by atoms with van der Waals surface area (Å²) in [7, 11) is 0. The van der Waals surface area contributed by atoms with Crippen molar-refractivity contribution >= 4 is 23.2 Å². The van der Waals surface area contributed by atoms with Crippen LogP contribution in [0.15, 0.2) is 42.5 Å². The van der Waals surface area contributed by atoms with E-state index in [0.29, 0.717) is 18.1 Å². The molecule has 2 heterocycles. The van der Waals surface area contributed by atoms with Gasteiger partial charge in [-0.05, 0) is 48.2 Å². The topological polar surface area (TPSA) is 54.0 Å². The maximum atomic E-state index is 12.1. The normalized spacial score (nSPS) is 17.5. The Bertz CT molecular complexity index is 885. The summed E-state index contributed by atoms with van der Waals surface area (Å²) in [5.74, 6) is 0.957. The molecule has 2 aromatic carbocycles. The van der Waals surface area contributed by atoms with Crippen LogP contribution >= 0.6 is 11.6 Å². The van der Waals surface area contributed by atoms with Gasteiger partial charge in [0.05, 0.1) is 18.2 Å².